The topological polar surface area (TPSA) is 56.7 Å². The van der Waals surface area contributed by atoms with Gasteiger partial charge in [-0.05, 0) is 12.1 Å². The van der Waals surface area contributed by atoms with Crippen LogP contribution in [0, 0.1) is 0 Å². The number of hydrogen-bond donors (Lipinski definition) is 1. The van der Waals surface area contributed by atoms with Gasteiger partial charge in [0.2, 0.25) is 5.95 Å². The van der Waals surface area contributed by atoms with E-state index in [0.29, 0.717) is 27.4 Å². The van der Waals surface area contributed by atoms with Gasteiger partial charge in [-0.15, -0.1) is 5.10 Å². The lowest BCUT2D eigenvalue weighted by Crippen LogP contribution is -1.97. The molecule has 1 heterocycles. The van der Waals surface area contributed by atoms with Gasteiger partial charge < -0.3 is 5.73 Å². The number of halogens is 2. The van der Waals surface area contributed by atoms with Crippen molar-refractivity contribution in [2.45, 2.75) is 0 Å². The van der Waals surface area contributed by atoms with Gasteiger partial charge in [0.1, 0.15) is 0 Å². The van der Waals surface area contributed by atoms with Gasteiger partial charge >= 0.3 is 0 Å². The second kappa shape index (κ2) is 3.72. The maximum Gasteiger partial charge on any atom is 0.218 e. The van der Waals surface area contributed by atoms with Crippen molar-refractivity contribution in [3.05, 3.63) is 28.2 Å². The number of nitrogen functional groups attached to an aromatic ring is 1. The molecule has 0 saturated heterocycles. The molecule has 0 aliphatic carbocycles. The second-order valence-electron chi connectivity index (χ2n) is 3.01. The van der Waals surface area contributed by atoms with Crippen LogP contribution in [0.3, 0.4) is 0 Å². The lowest BCUT2D eigenvalue weighted by molar-refractivity contribution is 0.781. The summed E-state index contributed by atoms with van der Waals surface area (Å²) in [6.45, 7) is 0. The third-order valence-electron chi connectivity index (χ3n) is 1.98. The predicted molar refractivity (Wildman–Crippen MR) is 60.9 cm³/mol. The van der Waals surface area contributed by atoms with Gasteiger partial charge in [-0.25, -0.2) is 4.68 Å². The Labute approximate surface area is 96.6 Å². The molecule has 0 bridgehead atoms. The summed E-state index contributed by atoms with van der Waals surface area (Å²) in [5.74, 6) is 0.756. The Balaban J connectivity index is 2.63. The number of anilines is 1. The highest BCUT2D eigenvalue weighted by Crippen LogP contribution is 2.32. The molecule has 0 aliphatic rings. The molecule has 2 rings (SSSR count). The molecule has 0 amide bonds. The first-order chi connectivity index (χ1) is 7.09. The van der Waals surface area contributed by atoms with Crippen LogP contribution in [0.4, 0.5) is 5.95 Å². The van der Waals surface area contributed by atoms with Crippen molar-refractivity contribution in [1.29, 1.82) is 0 Å². The van der Waals surface area contributed by atoms with E-state index in [9.17, 15) is 0 Å². The first kappa shape index (κ1) is 10.3. The molecule has 2 N–H and O–H groups in total. The summed E-state index contributed by atoms with van der Waals surface area (Å²) in [5.41, 5.74) is 6.19. The van der Waals surface area contributed by atoms with Crippen LogP contribution >= 0.6 is 23.2 Å². The summed E-state index contributed by atoms with van der Waals surface area (Å²) < 4.78 is 1.47. The molecule has 0 atom stereocenters. The first-order valence-corrected chi connectivity index (χ1v) is 4.96. The summed E-state index contributed by atoms with van der Waals surface area (Å²) in [6.07, 6.45) is 0. The van der Waals surface area contributed by atoms with E-state index in [1.54, 1.807) is 25.2 Å². The van der Waals surface area contributed by atoms with Crippen LogP contribution in [0.2, 0.25) is 10.0 Å². The molecule has 6 heteroatoms. The molecule has 1 aromatic heterocycles. The summed E-state index contributed by atoms with van der Waals surface area (Å²) in [7, 11) is 1.70. The van der Waals surface area contributed by atoms with E-state index in [1.165, 1.54) is 4.68 Å². The van der Waals surface area contributed by atoms with Crippen LogP contribution in [-0.4, -0.2) is 14.8 Å². The quantitative estimate of drug-likeness (QED) is 0.836. The largest absolute Gasteiger partial charge is 0.368 e. The van der Waals surface area contributed by atoms with Crippen LogP contribution in [0.1, 0.15) is 0 Å². The molecule has 4 nitrogen and oxygen atoms in total. The van der Waals surface area contributed by atoms with E-state index in [0.717, 1.165) is 0 Å². The normalized spacial score (nSPS) is 10.6. The molecule has 0 saturated carbocycles. The summed E-state index contributed by atoms with van der Waals surface area (Å²) >= 11 is 12.0. The van der Waals surface area contributed by atoms with Crippen molar-refractivity contribution in [3.63, 3.8) is 0 Å². The summed E-state index contributed by atoms with van der Waals surface area (Å²) in [6, 6.07) is 5.23. The van der Waals surface area contributed by atoms with Crippen LogP contribution in [0.5, 0.6) is 0 Å². The standard InChI is InChI=1S/C9H8Cl2N4/c1-15-9(12)13-8(14-15)7-5(10)3-2-4-6(7)11/h2-4H,1H3,(H2,12,13,14). The number of aromatic nitrogens is 3. The molecule has 0 aliphatic heterocycles. The monoisotopic (exact) mass is 242 g/mol. The highest BCUT2D eigenvalue weighted by atomic mass is 35.5. The summed E-state index contributed by atoms with van der Waals surface area (Å²) in [4.78, 5) is 4.06. The van der Waals surface area contributed by atoms with E-state index in [1.807, 2.05) is 0 Å². The fourth-order valence-electron chi connectivity index (χ4n) is 1.21. The second-order valence-corrected chi connectivity index (χ2v) is 3.83. The number of hydrogen-bond acceptors (Lipinski definition) is 3. The predicted octanol–water partition coefficient (Wildman–Crippen LogP) is 2.37. The van der Waals surface area contributed by atoms with Crippen molar-refractivity contribution in [1.82, 2.24) is 14.8 Å². The average Bonchev–Trinajstić information content (AvgIpc) is 2.46. The zero-order chi connectivity index (χ0) is 11.0. The van der Waals surface area contributed by atoms with Crippen LogP contribution in [-0.2, 0) is 7.05 Å². The van der Waals surface area contributed by atoms with E-state index in [4.69, 9.17) is 28.9 Å². The molecular weight excluding hydrogens is 235 g/mol. The lowest BCUT2D eigenvalue weighted by atomic mass is 10.2. The van der Waals surface area contributed by atoms with Crippen LogP contribution in [0.15, 0.2) is 18.2 Å². The number of rotatable bonds is 1. The van der Waals surface area contributed by atoms with Gasteiger partial charge in [0.25, 0.3) is 0 Å². The van der Waals surface area contributed by atoms with Crippen LogP contribution < -0.4 is 5.73 Å². The van der Waals surface area contributed by atoms with Crippen LogP contribution in [0.25, 0.3) is 11.4 Å². The average molecular weight is 243 g/mol. The molecule has 78 valence electrons. The van der Waals surface area contributed by atoms with Gasteiger partial charge in [-0.2, -0.15) is 4.98 Å². The van der Waals surface area contributed by atoms with Crippen molar-refractivity contribution in [2.75, 3.05) is 5.73 Å². The number of aryl methyl sites for hydroxylation is 1. The van der Waals surface area contributed by atoms with E-state index in [2.05, 4.69) is 10.1 Å². The van der Waals surface area contributed by atoms with Crippen molar-refractivity contribution < 1.29 is 0 Å². The molecule has 0 fully saturated rings. The zero-order valence-corrected chi connectivity index (χ0v) is 9.42. The fourth-order valence-corrected chi connectivity index (χ4v) is 1.78. The minimum atomic E-state index is 0.320. The van der Waals surface area contributed by atoms with Gasteiger partial charge in [0, 0.05) is 7.05 Å². The van der Waals surface area contributed by atoms with Crippen molar-refractivity contribution in [3.8, 4) is 11.4 Å². The third-order valence-corrected chi connectivity index (χ3v) is 2.61. The zero-order valence-electron chi connectivity index (χ0n) is 7.91. The molecule has 0 spiro atoms. The minimum absolute atomic E-state index is 0.320. The Morgan fingerprint density at radius 3 is 2.33 bits per heavy atom. The minimum Gasteiger partial charge on any atom is -0.368 e. The van der Waals surface area contributed by atoms with Crippen molar-refractivity contribution >= 4 is 29.2 Å². The van der Waals surface area contributed by atoms with Gasteiger partial charge in [0.15, 0.2) is 5.82 Å². The molecule has 1 aromatic carbocycles. The number of nitrogens with two attached hydrogens (primary N) is 1. The Morgan fingerprint density at radius 1 is 1.27 bits per heavy atom. The maximum atomic E-state index is 6.01. The Morgan fingerprint density at radius 2 is 1.87 bits per heavy atom. The van der Waals surface area contributed by atoms with Gasteiger partial charge in [-0.1, -0.05) is 29.3 Å². The Bertz CT molecular complexity index is 467. The molecule has 15 heavy (non-hydrogen) atoms. The lowest BCUT2D eigenvalue weighted by Gasteiger charge is -2.01. The Kier molecular flexibility index (Phi) is 2.54. The van der Waals surface area contributed by atoms with E-state index in [-0.39, 0.29) is 0 Å². The molecule has 0 unspecified atom stereocenters. The highest BCUT2D eigenvalue weighted by molar-refractivity contribution is 6.38. The molecular formula is C9H8Cl2N4. The SMILES string of the molecule is Cn1nc(-c2c(Cl)cccc2Cl)nc1N. The maximum absolute atomic E-state index is 6.01. The third kappa shape index (κ3) is 1.78. The van der Waals surface area contributed by atoms with E-state index >= 15 is 0 Å². The molecule has 2 aromatic rings. The smallest absolute Gasteiger partial charge is 0.218 e. The number of benzene rings is 1. The molecule has 0 radical (unpaired) electrons. The fraction of sp³-hybridized carbons (Fsp3) is 0.111. The van der Waals surface area contributed by atoms with E-state index < -0.39 is 0 Å². The number of nitrogens with zero attached hydrogens (tertiary/aromatic N) is 3. The highest BCUT2D eigenvalue weighted by Gasteiger charge is 2.13. The Hall–Kier alpha value is -1.26. The van der Waals surface area contributed by atoms with Gasteiger partial charge in [-0.3, -0.25) is 0 Å². The first-order valence-electron chi connectivity index (χ1n) is 4.20. The summed E-state index contributed by atoms with van der Waals surface area (Å²) in [5, 5.41) is 5.13. The van der Waals surface area contributed by atoms with Crippen molar-refractivity contribution in [2.24, 2.45) is 7.05 Å². The van der Waals surface area contributed by atoms with Gasteiger partial charge in [0.05, 0.1) is 15.6 Å².